The maximum Gasteiger partial charge on any atom is 0.251 e. The highest BCUT2D eigenvalue weighted by molar-refractivity contribution is 5.94. The molecule has 3 aromatic rings. The molecule has 1 aliphatic rings. The van der Waals surface area contributed by atoms with Gasteiger partial charge in [-0.05, 0) is 62.1 Å². The topological polar surface area (TPSA) is 59.8 Å². The van der Waals surface area contributed by atoms with Crippen molar-refractivity contribution in [2.45, 2.75) is 25.8 Å². The van der Waals surface area contributed by atoms with Gasteiger partial charge in [0.2, 0.25) is 0 Å². The Hall–Kier alpha value is -2.95. The van der Waals surface area contributed by atoms with Gasteiger partial charge in [-0.3, -0.25) is 9.78 Å². The zero-order chi connectivity index (χ0) is 17.2. The molecule has 0 unspecified atom stereocenters. The van der Waals surface area contributed by atoms with Gasteiger partial charge in [-0.15, -0.1) is 0 Å². The SMILES string of the molecule is Cc1cccc([C@@H](NC(=O)c2ccc(-n3ccnc3)cc2)C2CC2)n1. The summed E-state index contributed by atoms with van der Waals surface area (Å²) in [6.45, 7) is 1.98. The quantitative estimate of drug-likeness (QED) is 0.778. The molecule has 0 saturated heterocycles. The van der Waals surface area contributed by atoms with Crippen molar-refractivity contribution in [3.63, 3.8) is 0 Å². The highest BCUT2D eigenvalue weighted by Crippen LogP contribution is 2.40. The Morgan fingerprint density at radius 2 is 2.00 bits per heavy atom. The normalized spacial score (nSPS) is 14.9. The lowest BCUT2D eigenvalue weighted by molar-refractivity contribution is 0.0930. The lowest BCUT2D eigenvalue weighted by atomic mass is 10.1. The number of pyridine rings is 1. The van der Waals surface area contributed by atoms with Crippen LogP contribution in [0.5, 0.6) is 0 Å². The summed E-state index contributed by atoms with van der Waals surface area (Å²) < 4.78 is 1.91. The van der Waals surface area contributed by atoms with Gasteiger partial charge in [0.15, 0.2) is 0 Å². The summed E-state index contributed by atoms with van der Waals surface area (Å²) in [5, 5.41) is 3.17. The molecule has 126 valence electrons. The van der Waals surface area contributed by atoms with E-state index in [-0.39, 0.29) is 11.9 Å². The van der Waals surface area contributed by atoms with Crippen LogP contribution in [0.15, 0.2) is 61.2 Å². The van der Waals surface area contributed by atoms with E-state index in [1.54, 1.807) is 12.5 Å². The minimum absolute atomic E-state index is 0.0132. The van der Waals surface area contributed by atoms with Crippen molar-refractivity contribution in [1.29, 1.82) is 0 Å². The molecule has 1 N–H and O–H groups in total. The van der Waals surface area contributed by atoms with Crippen LogP contribution in [-0.2, 0) is 0 Å². The maximum atomic E-state index is 12.7. The summed E-state index contributed by atoms with van der Waals surface area (Å²) in [7, 11) is 0. The molecule has 0 spiro atoms. The molecule has 1 saturated carbocycles. The highest BCUT2D eigenvalue weighted by Gasteiger charge is 2.34. The molecule has 5 heteroatoms. The van der Waals surface area contributed by atoms with E-state index < -0.39 is 0 Å². The summed E-state index contributed by atoms with van der Waals surface area (Å²) in [5.41, 5.74) is 3.56. The molecular formula is C20H20N4O. The molecule has 1 atom stereocenters. The van der Waals surface area contributed by atoms with Gasteiger partial charge in [-0.25, -0.2) is 4.98 Å². The number of benzene rings is 1. The van der Waals surface area contributed by atoms with Gasteiger partial charge in [-0.2, -0.15) is 0 Å². The Morgan fingerprint density at radius 1 is 1.20 bits per heavy atom. The van der Waals surface area contributed by atoms with Crippen LogP contribution in [-0.4, -0.2) is 20.4 Å². The molecule has 0 aliphatic heterocycles. The zero-order valence-electron chi connectivity index (χ0n) is 14.1. The number of nitrogens with zero attached hydrogens (tertiary/aromatic N) is 3. The van der Waals surface area contributed by atoms with Crippen molar-refractivity contribution in [2.75, 3.05) is 0 Å². The molecule has 0 radical (unpaired) electrons. The predicted octanol–water partition coefficient (Wildman–Crippen LogP) is 3.46. The number of carbonyl (C=O) groups excluding carboxylic acids is 1. The number of imidazole rings is 1. The molecule has 5 nitrogen and oxygen atoms in total. The van der Waals surface area contributed by atoms with Crippen LogP contribution in [0, 0.1) is 12.8 Å². The van der Waals surface area contributed by atoms with Crippen LogP contribution in [0.2, 0.25) is 0 Å². The molecule has 1 aliphatic carbocycles. The first-order chi connectivity index (χ1) is 12.2. The monoisotopic (exact) mass is 332 g/mol. The molecule has 0 bridgehead atoms. The third-order valence-electron chi connectivity index (χ3n) is 4.54. The highest BCUT2D eigenvalue weighted by atomic mass is 16.1. The van der Waals surface area contributed by atoms with Crippen molar-refractivity contribution in [1.82, 2.24) is 19.9 Å². The van der Waals surface area contributed by atoms with E-state index in [1.165, 1.54) is 0 Å². The maximum absolute atomic E-state index is 12.7. The first kappa shape index (κ1) is 15.6. The summed E-state index contributed by atoms with van der Waals surface area (Å²) in [6, 6.07) is 13.5. The van der Waals surface area contributed by atoms with Crippen LogP contribution in [0.1, 0.15) is 40.6 Å². The summed E-state index contributed by atoms with van der Waals surface area (Å²) >= 11 is 0. The average molecular weight is 332 g/mol. The Balaban J connectivity index is 1.52. The van der Waals surface area contributed by atoms with Gasteiger partial charge in [0.25, 0.3) is 5.91 Å². The van der Waals surface area contributed by atoms with E-state index in [4.69, 9.17) is 0 Å². The molecule has 2 aromatic heterocycles. The second-order valence-electron chi connectivity index (χ2n) is 6.51. The van der Waals surface area contributed by atoms with Crippen LogP contribution in [0.3, 0.4) is 0 Å². The number of hydrogen-bond acceptors (Lipinski definition) is 3. The summed E-state index contributed by atoms with van der Waals surface area (Å²) in [4.78, 5) is 21.3. The lowest BCUT2D eigenvalue weighted by Gasteiger charge is -2.18. The average Bonchev–Trinajstić information content (AvgIpc) is 3.32. The van der Waals surface area contributed by atoms with Crippen LogP contribution < -0.4 is 5.32 Å². The predicted molar refractivity (Wildman–Crippen MR) is 95.5 cm³/mol. The number of aryl methyl sites for hydroxylation is 1. The van der Waals surface area contributed by atoms with E-state index >= 15 is 0 Å². The van der Waals surface area contributed by atoms with Crippen molar-refractivity contribution in [3.05, 3.63) is 78.1 Å². The van der Waals surface area contributed by atoms with E-state index in [1.807, 2.05) is 60.2 Å². The van der Waals surface area contributed by atoms with Crippen LogP contribution in [0.4, 0.5) is 0 Å². The fourth-order valence-electron chi connectivity index (χ4n) is 3.02. The standard InChI is InChI=1S/C20H20N4O/c1-14-3-2-4-18(22-14)19(15-5-6-15)23-20(25)16-7-9-17(10-8-16)24-12-11-21-13-24/h2-4,7-13,15,19H,5-6H2,1H3,(H,23,25)/t19-/m0/s1. The molecule has 1 aromatic carbocycles. The number of aromatic nitrogens is 3. The first-order valence-electron chi connectivity index (χ1n) is 8.53. The van der Waals surface area contributed by atoms with Crippen molar-refractivity contribution >= 4 is 5.91 Å². The number of hydrogen-bond donors (Lipinski definition) is 1. The molecule has 1 amide bonds. The molecule has 4 rings (SSSR count). The van der Waals surface area contributed by atoms with E-state index in [0.717, 1.165) is 29.9 Å². The summed E-state index contributed by atoms with van der Waals surface area (Å²) in [5.74, 6) is 0.431. The van der Waals surface area contributed by atoms with Gasteiger partial charge in [0, 0.05) is 29.3 Å². The van der Waals surface area contributed by atoms with Crippen LogP contribution in [0.25, 0.3) is 5.69 Å². The second-order valence-corrected chi connectivity index (χ2v) is 6.51. The Morgan fingerprint density at radius 3 is 2.64 bits per heavy atom. The van der Waals surface area contributed by atoms with Crippen molar-refractivity contribution < 1.29 is 4.79 Å². The minimum atomic E-state index is -0.0580. The van der Waals surface area contributed by atoms with Crippen LogP contribution >= 0.6 is 0 Å². The largest absolute Gasteiger partial charge is 0.343 e. The molecule has 25 heavy (non-hydrogen) atoms. The molecular weight excluding hydrogens is 312 g/mol. The number of carbonyl (C=O) groups is 1. The second kappa shape index (κ2) is 6.51. The lowest BCUT2D eigenvalue weighted by Crippen LogP contribution is -2.30. The van der Waals surface area contributed by atoms with E-state index in [2.05, 4.69) is 15.3 Å². The number of amides is 1. The third-order valence-corrected chi connectivity index (χ3v) is 4.54. The fraction of sp³-hybridized carbons (Fsp3) is 0.250. The van der Waals surface area contributed by atoms with Crippen molar-refractivity contribution in [3.8, 4) is 5.69 Å². The molecule has 1 fully saturated rings. The summed E-state index contributed by atoms with van der Waals surface area (Å²) in [6.07, 6.45) is 7.62. The van der Waals surface area contributed by atoms with E-state index in [9.17, 15) is 4.79 Å². The third kappa shape index (κ3) is 3.45. The van der Waals surface area contributed by atoms with Gasteiger partial charge in [0.05, 0.1) is 18.1 Å². The smallest absolute Gasteiger partial charge is 0.251 e. The fourth-order valence-corrected chi connectivity index (χ4v) is 3.02. The van der Waals surface area contributed by atoms with E-state index in [0.29, 0.717) is 11.5 Å². The van der Waals surface area contributed by atoms with Gasteiger partial charge in [0.1, 0.15) is 0 Å². The van der Waals surface area contributed by atoms with Gasteiger partial charge in [-0.1, -0.05) is 6.07 Å². The number of nitrogens with one attached hydrogen (secondary N) is 1. The Bertz CT molecular complexity index is 867. The minimum Gasteiger partial charge on any atom is -0.343 e. The zero-order valence-corrected chi connectivity index (χ0v) is 14.1. The molecule has 2 heterocycles. The Kier molecular flexibility index (Phi) is 4.06. The van der Waals surface area contributed by atoms with Gasteiger partial charge < -0.3 is 9.88 Å². The van der Waals surface area contributed by atoms with Crippen molar-refractivity contribution in [2.24, 2.45) is 5.92 Å². The Labute approximate surface area is 146 Å². The number of rotatable bonds is 5. The van der Waals surface area contributed by atoms with Gasteiger partial charge >= 0.3 is 0 Å². The first-order valence-corrected chi connectivity index (χ1v) is 8.53.